The highest BCUT2D eigenvalue weighted by atomic mass is 16.5. The average Bonchev–Trinajstić information content (AvgIpc) is 2.47. The van der Waals surface area contributed by atoms with Crippen molar-refractivity contribution < 1.29 is 24.5 Å². The van der Waals surface area contributed by atoms with Crippen molar-refractivity contribution in [2.24, 2.45) is 0 Å². The van der Waals surface area contributed by atoms with Crippen molar-refractivity contribution in [3.05, 3.63) is 52.4 Å². The van der Waals surface area contributed by atoms with E-state index >= 15 is 0 Å². The summed E-state index contributed by atoms with van der Waals surface area (Å²) in [6.45, 7) is 1.29. The van der Waals surface area contributed by atoms with Gasteiger partial charge in [0.25, 0.3) is 0 Å². The first kappa shape index (κ1) is 15.5. The molecule has 1 heterocycles. The third-order valence-electron chi connectivity index (χ3n) is 3.34. The summed E-state index contributed by atoms with van der Waals surface area (Å²) >= 11 is 0. The molecule has 6 heteroatoms. The molecular formula is C16H14O6. The van der Waals surface area contributed by atoms with Crippen molar-refractivity contribution >= 4 is 27.7 Å². The van der Waals surface area contributed by atoms with Gasteiger partial charge >= 0.3 is 11.6 Å². The van der Waals surface area contributed by atoms with E-state index in [9.17, 15) is 9.59 Å². The van der Waals surface area contributed by atoms with Gasteiger partial charge in [-0.2, -0.15) is 0 Å². The minimum atomic E-state index is -1.06. The number of ether oxygens (including phenoxy) is 1. The number of hydrogen-bond donors (Lipinski definition) is 1. The molecule has 0 bridgehead atoms. The SMILES string of the molecule is Cc1c(OCC(=O)O)ccc2c1oc(=O)c1ccccc12.O. The van der Waals surface area contributed by atoms with E-state index in [-0.39, 0.29) is 5.48 Å². The largest absolute Gasteiger partial charge is 0.481 e. The van der Waals surface area contributed by atoms with E-state index in [4.69, 9.17) is 14.3 Å². The van der Waals surface area contributed by atoms with Crippen molar-refractivity contribution in [2.45, 2.75) is 6.92 Å². The van der Waals surface area contributed by atoms with Gasteiger partial charge in [0.2, 0.25) is 0 Å². The van der Waals surface area contributed by atoms with Crippen LogP contribution in [0.3, 0.4) is 0 Å². The van der Waals surface area contributed by atoms with E-state index in [1.807, 2.05) is 12.1 Å². The molecular weight excluding hydrogens is 288 g/mol. The van der Waals surface area contributed by atoms with Crippen LogP contribution in [0.5, 0.6) is 5.75 Å². The van der Waals surface area contributed by atoms with E-state index in [1.165, 1.54) is 0 Å². The highest BCUT2D eigenvalue weighted by Gasteiger charge is 2.12. The summed E-state index contributed by atoms with van der Waals surface area (Å²) in [5.74, 6) is -0.669. The minimum absolute atomic E-state index is 0. The van der Waals surface area contributed by atoms with Crippen LogP contribution in [0.4, 0.5) is 0 Å². The molecule has 1 aromatic heterocycles. The summed E-state index contributed by atoms with van der Waals surface area (Å²) in [5, 5.41) is 10.8. The number of carboxylic acids is 1. The van der Waals surface area contributed by atoms with Gasteiger partial charge in [0, 0.05) is 10.9 Å². The fourth-order valence-electron chi connectivity index (χ4n) is 2.36. The lowest BCUT2D eigenvalue weighted by molar-refractivity contribution is -0.139. The van der Waals surface area contributed by atoms with E-state index in [0.717, 1.165) is 10.8 Å². The summed E-state index contributed by atoms with van der Waals surface area (Å²) in [7, 11) is 0. The molecule has 0 aliphatic heterocycles. The van der Waals surface area contributed by atoms with Gasteiger partial charge < -0.3 is 19.7 Å². The van der Waals surface area contributed by atoms with Crippen LogP contribution in [0.2, 0.25) is 0 Å². The number of carbonyl (C=O) groups is 1. The zero-order chi connectivity index (χ0) is 15.0. The zero-order valence-electron chi connectivity index (χ0n) is 11.8. The van der Waals surface area contributed by atoms with Crippen LogP contribution in [0.15, 0.2) is 45.6 Å². The first-order valence-corrected chi connectivity index (χ1v) is 6.37. The summed E-state index contributed by atoms with van der Waals surface area (Å²) < 4.78 is 10.6. The predicted octanol–water partition coefficient (Wildman–Crippen LogP) is 1.89. The topological polar surface area (TPSA) is 108 Å². The smallest absolute Gasteiger partial charge is 0.344 e. The molecule has 3 rings (SSSR count). The molecule has 0 unspecified atom stereocenters. The number of aryl methyl sites for hydroxylation is 1. The quantitative estimate of drug-likeness (QED) is 0.587. The van der Waals surface area contributed by atoms with Crippen molar-refractivity contribution in [3.8, 4) is 5.75 Å². The normalized spacial score (nSPS) is 10.4. The van der Waals surface area contributed by atoms with E-state index in [0.29, 0.717) is 22.3 Å². The summed E-state index contributed by atoms with van der Waals surface area (Å²) in [5.41, 5.74) is 0.606. The van der Waals surface area contributed by atoms with Gasteiger partial charge in [-0.1, -0.05) is 18.2 Å². The maximum Gasteiger partial charge on any atom is 0.344 e. The second-order valence-corrected chi connectivity index (χ2v) is 4.68. The number of aliphatic carboxylic acids is 1. The van der Waals surface area contributed by atoms with Crippen molar-refractivity contribution in [1.29, 1.82) is 0 Å². The first-order chi connectivity index (χ1) is 10.1. The Morgan fingerprint density at radius 1 is 1.14 bits per heavy atom. The monoisotopic (exact) mass is 302 g/mol. The summed E-state index contributed by atoms with van der Waals surface area (Å²) in [6.07, 6.45) is 0. The molecule has 3 aromatic rings. The third kappa shape index (κ3) is 2.51. The first-order valence-electron chi connectivity index (χ1n) is 6.37. The molecule has 6 nitrogen and oxygen atoms in total. The van der Waals surface area contributed by atoms with Crippen LogP contribution in [0.1, 0.15) is 5.56 Å². The Kier molecular flexibility index (Phi) is 4.14. The van der Waals surface area contributed by atoms with Crippen LogP contribution in [-0.4, -0.2) is 23.2 Å². The second kappa shape index (κ2) is 5.87. The van der Waals surface area contributed by atoms with Crippen molar-refractivity contribution in [1.82, 2.24) is 0 Å². The molecule has 0 atom stereocenters. The molecule has 0 aliphatic rings. The Labute approximate surface area is 124 Å². The highest BCUT2D eigenvalue weighted by molar-refractivity contribution is 6.05. The molecule has 0 radical (unpaired) electrons. The molecule has 22 heavy (non-hydrogen) atoms. The Hall–Kier alpha value is -2.86. The Morgan fingerprint density at radius 3 is 2.50 bits per heavy atom. The van der Waals surface area contributed by atoms with E-state index < -0.39 is 18.2 Å². The van der Waals surface area contributed by atoms with Crippen LogP contribution in [0.25, 0.3) is 21.7 Å². The molecule has 2 aromatic carbocycles. The molecule has 0 spiro atoms. The number of carboxylic acid groups (broad SMARTS) is 1. The van der Waals surface area contributed by atoms with E-state index in [2.05, 4.69) is 0 Å². The van der Waals surface area contributed by atoms with Crippen LogP contribution in [-0.2, 0) is 4.79 Å². The van der Waals surface area contributed by atoms with Crippen LogP contribution >= 0.6 is 0 Å². The lowest BCUT2D eigenvalue weighted by Gasteiger charge is -2.10. The number of fused-ring (bicyclic) bond motifs is 3. The lowest BCUT2D eigenvalue weighted by atomic mass is 10.0. The van der Waals surface area contributed by atoms with Gasteiger partial charge in [-0.3, -0.25) is 0 Å². The Morgan fingerprint density at radius 2 is 1.82 bits per heavy atom. The van der Waals surface area contributed by atoms with Crippen LogP contribution < -0.4 is 10.4 Å². The maximum atomic E-state index is 12.0. The van der Waals surface area contributed by atoms with E-state index in [1.54, 1.807) is 31.2 Å². The van der Waals surface area contributed by atoms with Gasteiger partial charge in [0.1, 0.15) is 11.3 Å². The van der Waals surface area contributed by atoms with Gasteiger partial charge in [-0.15, -0.1) is 0 Å². The Balaban J connectivity index is 0.00000176. The highest BCUT2D eigenvalue weighted by Crippen LogP contribution is 2.30. The van der Waals surface area contributed by atoms with Gasteiger partial charge in [-0.05, 0) is 30.5 Å². The second-order valence-electron chi connectivity index (χ2n) is 4.68. The third-order valence-corrected chi connectivity index (χ3v) is 3.34. The van der Waals surface area contributed by atoms with Gasteiger partial charge in [0.05, 0.1) is 5.39 Å². The minimum Gasteiger partial charge on any atom is -0.481 e. The molecule has 0 aliphatic carbocycles. The van der Waals surface area contributed by atoms with Crippen molar-refractivity contribution in [2.75, 3.05) is 6.61 Å². The molecule has 3 N–H and O–H groups in total. The van der Waals surface area contributed by atoms with Gasteiger partial charge in [-0.25, -0.2) is 9.59 Å². The van der Waals surface area contributed by atoms with Crippen LogP contribution in [0, 0.1) is 6.92 Å². The summed E-state index contributed by atoms with van der Waals surface area (Å²) in [4.78, 5) is 22.6. The molecule has 114 valence electrons. The Bertz CT molecular complexity index is 910. The molecule has 0 saturated carbocycles. The maximum absolute atomic E-state index is 12.0. The zero-order valence-corrected chi connectivity index (χ0v) is 11.8. The average molecular weight is 302 g/mol. The fraction of sp³-hybridized carbons (Fsp3) is 0.125. The number of benzene rings is 2. The molecule has 0 amide bonds. The fourth-order valence-corrected chi connectivity index (χ4v) is 2.36. The molecule has 0 fully saturated rings. The predicted molar refractivity (Wildman–Crippen MR) is 81.5 cm³/mol. The number of hydrogen-bond acceptors (Lipinski definition) is 4. The summed E-state index contributed by atoms with van der Waals surface area (Å²) in [6, 6.07) is 10.7. The number of rotatable bonds is 3. The van der Waals surface area contributed by atoms with Crippen molar-refractivity contribution in [3.63, 3.8) is 0 Å². The lowest BCUT2D eigenvalue weighted by Crippen LogP contribution is -2.10. The standard InChI is InChI=1S/C16H12O5.H2O/c1-9-13(20-8-14(17)18)7-6-11-10-4-2-3-5-12(10)16(19)21-15(9)11;/h2-7H,8H2,1H3,(H,17,18);1H2. The van der Waals surface area contributed by atoms with Gasteiger partial charge in [0.15, 0.2) is 6.61 Å². The molecule has 0 saturated heterocycles.